The van der Waals surface area contributed by atoms with Gasteiger partial charge in [-0.15, -0.1) is 0 Å². The van der Waals surface area contributed by atoms with Crippen molar-refractivity contribution >= 4 is 34.4 Å². The van der Waals surface area contributed by atoms with Gasteiger partial charge < -0.3 is 14.5 Å². The molecular formula is C20H15ClFNO5. The summed E-state index contributed by atoms with van der Waals surface area (Å²) in [7, 11) is 0. The number of benzene rings is 2. The molecule has 3 aromatic rings. The first-order valence-electron chi connectivity index (χ1n) is 8.34. The zero-order valence-corrected chi connectivity index (χ0v) is 15.3. The number of fused-ring (bicyclic) bond motifs is 1. The lowest BCUT2D eigenvalue weighted by molar-refractivity contribution is -0.124. The van der Waals surface area contributed by atoms with Gasteiger partial charge in [-0.2, -0.15) is 0 Å². The Morgan fingerprint density at radius 1 is 1.14 bits per heavy atom. The van der Waals surface area contributed by atoms with Crippen LogP contribution in [0.4, 0.5) is 4.39 Å². The van der Waals surface area contributed by atoms with Crippen molar-refractivity contribution in [3.8, 4) is 0 Å². The lowest BCUT2D eigenvalue weighted by Crippen LogP contribution is -2.30. The Kier molecular flexibility index (Phi) is 6.06. The van der Waals surface area contributed by atoms with E-state index < -0.39 is 23.9 Å². The highest BCUT2D eigenvalue weighted by atomic mass is 35.5. The van der Waals surface area contributed by atoms with Crippen LogP contribution in [0.15, 0.2) is 57.7 Å². The number of rotatable bonds is 6. The topological polar surface area (TPSA) is 85.6 Å². The van der Waals surface area contributed by atoms with E-state index in [4.69, 9.17) is 20.8 Å². The van der Waals surface area contributed by atoms with Crippen molar-refractivity contribution in [3.63, 3.8) is 0 Å². The van der Waals surface area contributed by atoms with Gasteiger partial charge in [0.1, 0.15) is 11.4 Å². The molecule has 0 atom stereocenters. The maximum absolute atomic E-state index is 13.5. The van der Waals surface area contributed by atoms with Crippen LogP contribution in [0.25, 0.3) is 11.0 Å². The minimum atomic E-state index is -0.946. The van der Waals surface area contributed by atoms with Gasteiger partial charge in [0.25, 0.3) is 5.91 Å². The van der Waals surface area contributed by atoms with E-state index in [9.17, 15) is 18.8 Å². The fraction of sp³-hybridized carbons (Fsp3) is 0.150. The maximum atomic E-state index is 13.5. The maximum Gasteiger partial charge on any atom is 0.374 e. The lowest BCUT2D eigenvalue weighted by atomic mass is 10.1. The van der Waals surface area contributed by atoms with Crippen LogP contribution in [-0.2, 0) is 16.0 Å². The molecule has 0 saturated carbocycles. The summed E-state index contributed by atoms with van der Waals surface area (Å²) in [4.78, 5) is 35.9. The molecule has 1 aromatic heterocycles. The molecular weight excluding hydrogens is 389 g/mol. The molecule has 0 fully saturated rings. The molecule has 0 radical (unpaired) electrons. The number of amides is 1. The van der Waals surface area contributed by atoms with Crippen LogP contribution in [0.5, 0.6) is 0 Å². The molecule has 0 spiro atoms. The van der Waals surface area contributed by atoms with Gasteiger partial charge in [0.15, 0.2) is 12.0 Å². The van der Waals surface area contributed by atoms with E-state index in [1.807, 2.05) is 0 Å². The molecule has 1 heterocycles. The zero-order valence-electron chi connectivity index (χ0n) is 14.5. The first-order valence-corrected chi connectivity index (χ1v) is 8.72. The molecule has 8 heteroatoms. The predicted molar refractivity (Wildman–Crippen MR) is 101 cm³/mol. The van der Waals surface area contributed by atoms with E-state index in [-0.39, 0.29) is 29.1 Å². The third-order valence-electron chi connectivity index (χ3n) is 3.90. The highest BCUT2D eigenvalue weighted by Gasteiger charge is 2.15. The quantitative estimate of drug-likeness (QED) is 0.639. The number of halogens is 2. The average Bonchev–Trinajstić information content (AvgIpc) is 2.68. The number of carbonyl (C=O) groups excluding carboxylic acids is 2. The van der Waals surface area contributed by atoms with Crippen molar-refractivity contribution in [2.45, 2.75) is 6.42 Å². The summed E-state index contributed by atoms with van der Waals surface area (Å²) in [5.41, 5.74) is 0.195. The summed E-state index contributed by atoms with van der Waals surface area (Å²) in [5.74, 6) is -2.17. The fourth-order valence-corrected chi connectivity index (χ4v) is 2.69. The second kappa shape index (κ2) is 8.67. The standard InChI is InChI=1S/C20H15ClFNO5/c21-13-5-6-17-14(9-13)16(24)10-18(28-17)20(26)27-11-19(25)23-8-7-12-3-1-2-4-15(12)22/h1-6,9-10H,7-8,11H2,(H,23,25). The Morgan fingerprint density at radius 3 is 2.71 bits per heavy atom. The third-order valence-corrected chi connectivity index (χ3v) is 4.13. The summed E-state index contributed by atoms with van der Waals surface area (Å²) in [6.07, 6.45) is 0.300. The number of hydrogen-bond donors (Lipinski definition) is 1. The molecule has 0 saturated heterocycles. The number of carbonyl (C=O) groups is 2. The molecule has 144 valence electrons. The van der Waals surface area contributed by atoms with Gasteiger partial charge in [0, 0.05) is 17.6 Å². The first-order chi connectivity index (χ1) is 13.4. The Morgan fingerprint density at radius 2 is 1.93 bits per heavy atom. The summed E-state index contributed by atoms with van der Waals surface area (Å²) < 4.78 is 23.7. The van der Waals surface area contributed by atoms with Gasteiger partial charge in [-0.25, -0.2) is 9.18 Å². The number of hydrogen-bond acceptors (Lipinski definition) is 5. The van der Waals surface area contributed by atoms with E-state index in [0.717, 1.165) is 6.07 Å². The molecule has 1 N–H and O–H groups in total. The fourth-order valence-electron chi connectivity index (χ4n) is 2.52. The Bertz CT molecular complexity index is 1100. The summed E-state index contributed by atoms with van der Waals surface area (Å²) in [6, 6.07) is 11.6. The van der Waals surface area contributed by atoms with Crippen LogP contribution in [0, 0.1) is 5.82 Å². The summed E-state index contributed by atoms with van der Waals surface area (Å²) in [6.45, 7) is -0.373. The van der Waals surface area contributed by atoms with Crippen molar-refractivity contribution in [1.29, 1.82) is 0 Å². The Labute approximate surface area is 163 Å². The predicted octanol–water partition coefficient (Wildman–Crippen LogP) is 3.10. The molecule has 0 unspecified atom stereocenters. The highest BCUT2D eigenvalue weighted by Crippen LogP contribution is 2.18. The van der Waals surface area contributed by atoms with Crippen LogP contribution >= 0.6 is 11.6 Å². The van der Waals surface area contributed by atoms with E-state index >= 15 is 0 Å². The second-order valence-electron chi connectivity index (χ2n) is 5.88. The number of esters is 1. The van der Waals surface area contributed by atoms with Crippen LogP contribution in [0.1, 0.15) is 16.1 Å². The van der Waals surface area contributed by atoms with E-state index in [1.165, 1.54) is 24.3 Å². The number of ether oxygens (including phenoxy) is 1. The largest absolute Gasteiger partial charge is 0.450 e. The van der Waals surface area contributed by atoms with Gasteiger partial charge in [0.05, 0.1) is 5.39 Å². The molecule has 2 aromatic carbocycles. The Balaban J connectivity index is 1.54. The Hall–Kier alpha value is -3.19. The molecule has 0 aliphatic rings. The van der Waals surface area contributed by atoms with Gasteiger partial charge in [-0.1, -0.05) is 29.8 Å². The molecule has 6 nitrogen and oxygen atoms in total. The molecule has 0 aliphatic heterocycles. The van der Waals surface area contributed by atoms with Crippen molar-refractivity contribution in [3.05, 3.63) is 80.9 Å². The molecule has 0 bridgehead atoms. The van der Waals surface area contributed by atoms with E-state index in [0.29, 0.717) is 17.0 Å². The van der Waals surface area contributed by atoms with Gasteiger partial charge in [0.2, 0.25) is 5.76 Å². The SMILES string of the molecule is O=C(COC(=O)c1cc(=O)c2cc(Cl)ccc2o1)NCCc1ccccc1F. The van der Waals surface area contributed by atoms with Crippen LogP contribution in [0.2, 0.25) is 5.02 Å². The normalized spacial score (nSPS) is 10.6. The van der Waals surface area contributed by atoms with Crippen molar-refractivity contribution < 1.29 is 23.1 Å². The van der Waals surface area contributed by atoms with E-state index in [1.54, 1.807) is 18.2 Å². The van der Waals surface area contributed by atoms with Gasteiger partial charge >= 0.3 is 5.97 Å². The lowest BCUT2D eigenvalue weighted by Gasteiger charge is -2.07. The summed E-state index contributed by atoms with van der Waals surface area (Å²) in [5, 5.41) is 3.12. The molecule has 3 rings (SSSR count). The smallest absolute Gasteiger partial charge is 0.374 e. The molecule has 28 heavy (non-hydrogen) atoms. The number of nitrogens with one attached hydrogen (secondary N) is 1. The van der Waals surface area contributed by atoms with Crippen molar-refractivity contribution in [2.24, 2.45) is 0 Å². The highest BCUT2D eigenvalue weighted by molar-refractivity contribution is 6.31. The zero-order chi connectivity index (χ0) is 20.1. The van der Waals surface area contributed by atoms with Gasteiger partial charge in [-0.3, -0.25) is 9.59 Å². The monoisotopic (exact) mass is 403 g/mol. The average molecular weight is 404 g/mol. The third kappa shape index (κ3) is 4.75. The van der Waals surface area contributed by atoms with Crippen molar-refractivity contribution in [2.75, 3.05) is 13.2 Å². The first kappa shape index (κ1) is 19.6. The van der Waals surface area contributed by atoms with E-state index in [2.05, 4.69) is 5.32 Å². The molecule has 1 amide bonds. The van der Waals surface area contributed by atoms with Gasteiger partial charge in [-0.05, 0) is 36.2 Å². The van der Waals surface area contributed by atoms with Crippen LogP contribution in [-0.4, -0.2) is 25.0 Å². The second-order valence-corrected chi connectivity index (χ2v) is 6.32. The minimum Gasteiger partial charge on any atom is -0.450 e. The minimum absolute atomic E-state index is 0.179. The molecule has 0 aliphatic carbocycles. The van der Waals surface area contributed by atoms with Crippen LogP contribution in [0.3, 0.4) is 0 Å². The van der Waals surface area contributed by atoms with Crippen LogP contribution < -0.4 is 10.7 Å². The summed E-state index contributed by atoms with van der Waals surface area (Å²) >= 11 is 5.83. The van der Waals surface area contributed by atoms with Crippen molar-refractivity contribution in [1.82, 2.24) is 5.32 Å².